The van der Waals surface area contributed by atoms with Gasteiger partial charge in [-0.1, -0.05) is 0 Å². The lowest BCUT2D eigenvalue weighted by Gasteiger charge is -2.17. The van der Waals surface area contributed by atoms with Crippen molar-refractivity contribution in [1.82, 2.24) is 14.8 Å². The molecule has 2 aromatic heterocycles. The maximum absolute atomic E-state index is 12.0. The van der Waals surface area contributed by atoms with Crippen LogP contribution in [0.1, 0.15) is 23.0 Å². The molecule has 0 N–H and O–H groups in total. The minimum Gasteiger partial charge on any atom is -0.462 e. The van der Waals surface area contributed by atoms with Crippen LogP contribution in [0, 0.1) is 6.92 Å². The topological polar surface area (TPSA) is 60.2 Å². The molecule has 0 spiro atoms. The van der Waals surface area contributed by atoms with Gasteiger partial charge in [-0.3, -0.25) is 4.68 Å². The van der Waals surface area contributed by atoms with Crippen molar-refractivity contribution in [3.63, 3.8) is 0 Å². The number of hydrogen-bond donors (Lipinski definition) is 0. The molecule has 0 fully saturated rings. The summed E-state index contributed by atoms with van der Waals surface area (Å²) in [4.78, 5) is 18.2. The highest BCUT2D eigenvalue weighted by molar-refractivity contribution is 6.05. The van der Waals surface area contributed by atoms with Crippen LogP contribution in [0.5, 0.6) is 0 Å². The van der Waals surface area contributed by atoms with Gasteiger partial charge in [-0.05, 0) is 13.8 Å². The fourth-order valence-corrected chi connectivity index (χ4v) is 2.22. The first-order valence-electron chi connectivity index (χ1n) is 6.14. The molecule has 102 valence electrons. The van der Waals surface area contributed by atoms with Crippen LogP contribution in [0.4, 0.5) is 5.69 Å². The van der Waals surface area contributed by atoms with E-state index in [-0.39, 0.29) is 5.97 Å². The largest absolute Gasteiger partial charge is 0.462 e. The predicted molar refractivity (Wildman–Crippen MR) is 73.5 cm³/mol. The zero-order valence-corrected chi connectivity index (χ0v) is 11.9. The highest BCUT2D eigenvalue weighted by atomic mass is 16.5. The number of nitrogens with zero attached hydrogens (tertiary/aromatic N) is 4. The third kappa shape index (κ3) is 2.14. The van der Waals surface area contributed by atoms with Crippen LogP contribution in [0.2, 0.25) is 0 Å². The Bertz CT molecular complexity index is 631. The Morgan fingerprint density at radius 2 is 2.16 bits per heavy atom. The van der Waals surface area contributed by atoms with E-state index in [9.17, 15) is 4.79 Å². The number of rotatable bonds is 3. The van der Waals surface area contributed by atoms with E-state index in [0.29, 0.717) is 12.2 Å². The lowest BCUT2D eigenvalue weighted by atomic mass is 10.1. The third-order valence-corrected chi connectivity index (χ3v) is 2.94. The SMILES string of the molecule is CCOC(=O)c1cnc2c(c(C)nn2C)c1N(C)C. The first-order chi connectivity index (χ1) is 8.97. The van der Waals surface area contributed by atoms with Crippen molar-refractivity contribution in [2.24, 2.45) is 7.05 Å². The Morgan fingerprint density at radius 3 is 2.74 bits per heavy atom. The summed E-state index contributed by atoms with van der Waals surface area (Å²) in [7, 11) is 5.62. The molecule has 6 nitrogen and oxygen atoms in total. The summed E-state index contributed by atoms with van der Waals surface area (Å²) in [5, 5.41) is 5.24. The molecule has 0 unspecified atom stereocenters. The van der Waals surface area contributed by atoms with Gasteiger partial charge in [0.15, 0.2) is 5.65 Å². The van der Waals surface area contributed by atoms with Crippen LogP contribution in [0.25, 0.3) is 11.0 Å². The van der Waals surface area contributed by atoms with E-state index < -0.39 is 0 Å². The second-order valence-corrected chi connectivity index (χ2v) is 4.54. The van der Waals surface area contributed by atoms with Crippen molar-refractivity contribution in [2.75, 3.05) is 25.6 Å². The second-order valence-electron chi connectivity index (χ2n) is 4.54. The number of aromatic nitrogens is 3. The molecule has 0 atom stereocenters. The quantitative estimate of drug-likeness (QED) is 0.785. The van der Waals surface area contributed by atoms with Crippen LogP contribution >= 0.6 is 0 Å². The fraction of sp³-hybridized carbons (Fsp3) is 0.462. The van der Waals surface area contributed by atoms with Crippen LogP contribution in [-0.2, 0) is 11.8 Å². The number of carbonyl (C=O) groups excluding carboxylic acids is 1. The molecule has 0 aromatic carbocycles. The monoisotopic (exact) mass is 262 g/mol. The Morgan fingerprint density at radius 1 is 1.47 bits per heavy atom. The molecule has 0 amide bonds. The average Bonchev–Trinajstić information content (AvgIpc) is 2.64. The van der Waals surface area contributed by atoms with Crippen LogP contribution in [0.3, 0.4) is 0 Å². The number of pyridine rings is 1. The maximum atomic E-state index is 12.0. The van der Waals surface area contributed by atoms with E-state index in [1.165, 1.54) is 0 Å². The number of anilines is 1. The highest BCUT2D eigenvalue weighted by Gasteiger charge is 2.21. The van der Waals surface area contributed by atoms with Gasteiger partial charge in [0, 0.05) is 27.3 Å². The van der Waals surface area contributed by atoms with Gasteiger partial charge in [0.05, 0.1) is 23.4 Å². The minimum absolute atomic E-state index is 0.343. The van der Waals surface area contributed by atoms with Gasteiger partial charge in [-0.2, -0.15) is 5.10 Å². The standard InChI is InChI=1S/C13H18N4O2/c1-6-19-13(18)9-7-14-12-10(11(9)16(3)4)8(2)15-17(12)5/h7H,6H2,1-5H3. The molecule has 0 aliphatic carbocycles. The molecule has 2 rings (SSSR count). The Balaban J connectivity index is 2.76. The Kier molecular flexibility index (Phi) is 3.42. The van der Waals surface area contributed by atoms with Crippen molar-refractivity contribution in [1.29, 1.82) is 0 Å². The number of fused-ring (bicyclic) bond motifs is 1. The molecule has 0 radical (unpaired) electrons. The number of aryl methyl sites for hydroxylation is 2. The van der Waals surface area contributed by atoms with Gasteiger partial charge in [0.1, 0.15) is 5.56 Å². The molecular weight excluding hydrogens is 244 g/mol. The summed E-state index contributed by atoms with van der Waals surface area (Å²) in [5.74, 6) is -0.358. The summed E-state index contributed by atoms with van der Waals surface area (Å²) >= 11 is 0. The van der Waals surface area contributed by atoms with Crippen molar-refractivity contribution in [2.45, 2.75) is 13.8 Å². The maximum Gasteiger partial charge on any atom is 0.341 e. The van der Waals surface area contributed by atoms with Gasteiger partial charge in [-0.15, -0.1) is 0 Å². The van der Waals surface area contributed by atoms with Crippen LogP contribution in [-0.4, -0.2) is 41.4 Å². The zero-order valence-electron chi connectivity index (χ0n) is 11.9. The minimum atomic E-state index is -0.358. The predicted octanol–water partition coefficient (Wildman–Crippen LogP) is 1.52. The van der Waals surface area contributed by atoms with Crippen molar-refractivity contribution < 1.29 is 9.53 Å². The van der Waals surface area contributed by atoms with Crippen molar-refractivity contribution in [3.8, 4) is 0 Å². The van der Waals surface area contributed by atoms with Gasteiger partial charge in [0.2, 0.25) is 0 Å². The molecule has 0 aliphatic heterocycles. The van der Waals surface area contributed by atoms with Gasteiger partial charge >= 0.3 is 5.97 Å². The third-order valence-electron chi connectivity index (χ3n) is 2.94. The molecule has 6 heteroatoms. The molecule has 2 heterocycles. The second kappa shape index (κ2) is 4.87. The molecule has 19 heavy (non-hydrogen) atoms. The van der Waals surface area contributed by atoms with Gasteiger partial charge in [0.25, 0.3) is 0 Å². The van der Waals surface area contributed by atoms with Crippen molar-refractivity contribution >= 4 is 22.7 Å². The summed E-state index contributed by atoms with van der Waals surface area (Å²) in [5.41, 5.74) is 2.87. The molecular formula is C13H18N4O2. The Hall–Kier alpha value is -2.11. The molecule has 2 aromatic rings. The summed E-state index contributed by atoms with van der Waals surface area (Å²) < 4.78 is 6.80. The molecule has 0 bridgehead atoms. The Labute approximate surface area is 112 Å². The number of carbonyl (C=O) groups is 1. The van der Waals surface area contributed by atoms with E-state index in [1.807, 2.05) is 33.0 Å². The van der Waals surface area contributed by atoms with Crippen LogP contribution < -0.4 is 4.90 Å². The molecule has 0 saturated carbocycles. The summed E-state index contributed by atoms with van der Waals surface area (Å²) in [6.07, 6.45) is 1.55. The van der Waals surface area contributed by atoms with Gasteiger partial charge in [-0.25, -0.2) is 9.78 Å². The van der Waals surface area contributed by atoms with E-state index >= 15 is 0 Å². The summed E-state index contributed by atoms with van der Waals surface area (Å²) in [6.45, 7) is 4.04. The fourth-order valence-electron chi connectivity index (χ4n) is 2.22. The molecule has 0 saturated heterocycles. The van der Waals surface area contributed by atoms with Gasteiger partial charge < -0.3 is 9.64 Å². The first-order valence-corrected chi connectivity index (χ1v) is 6.14. The van der Waals surface area contributed by atoms with Crippen LogP contribution in [0.15, 0.2) is 6.20 Å². The van der Waals surface area contributed by atoms with Crippen molar-refractivity contribution in [3.05, 3.63) is 17.5 Å². The first kappa shape index (κ1) is 13.3. The number of hydrogen-bond acceptors (Lipinski definition) is 5. The number of ether oxygens (including phenoxy) is 1. The zero-order chi connectivity index (χ0) is 14.2. The van der Waals surface area contributed by atoms with E-state index in [1.54, 1.807) is 17.8 Å². The lowest BCUT2D eigenvalue weighted by molar-refractivity contribution is 0.0527. The molecule has 0 aliphatic rings. The number of esters is 1. The normalized spacial score (nSPS) is 10.8. The van der Waals surface area contributed by atoms with E-state index in [0.717, 1.165) is 22.4 Å². The highest BCUT2D eigenvalue weighted by Crippen LogP contribution is 2.30. The van der Waals surface area contributed by atoms with E-state index in [2.05, 4.69) is 10.1 Å². The lowest BCUT2D eigenvalue weighted by Crippen LogP contribution is -2.16. The average molecular weight is 262 g/mol. The smallest absolute Gasteiger partial charge is 0.341 e. The van der Waals surface area contributed by atoms with E-state index in [4.69, 9.17) is 4.74 Å². The summed E-state index contributed by atoms with van der Waals surface area (Å²) in [6, 6.07) is 0.